The van der Waals surface area contributed by atoms with Crippen LogP contribution in [0.15, 0.2) is 0 Å². The second kappa shape index (κ2) is 2.69. The number of aliphatic hydroxyl groups is 3. The molecule has 0 spiro atoms. The molecule has 1 rings (SSSR count). The maximum Gasteiger partial charge on any atom is 0.142 e. The zero-order valence-corrected chi connectivity index (χ0v) is 6.27. The van der Waals surface area contributed by atoms with Crippen LogP contribution in [0.4, 0.5) is 0 Å². The van der Waals surface area contributed by atoms with E-state index in [0.29, 0.717) is 0 Å². The topological polar surface area (TPSA) is 95.9 Å². The van der Waals surface area contributed by atoms with Crippen LogP contribution in [0.25, 0.3) is 0 Å². The molecule has 1 aliphatic heterocycles. The average Bonchev–Trinajstić information content (AvgIpc) is 1.95. The van der Waals surface area contributed by atoms with E-state index in [4.69, 9.17) is 20.7 Å². The molecule has 0 unspecified atom stereocenters. The van der Waals surface area contributed by atoms with Crippen LogP contribution in [0.3, 0.4) is 0 Å². The molecule has 11 heavy (non-hydrogen) atoms. The quantitative estimate of drug-likeness (QED) is 0.324. The van der Waals surface area contributed by atoms with Crippen LogP contribution in [0.2, 0.25) is 0 Å². The minimum absolute atomic E-state index is 0.0504. The van der Waals surface area contributed by atoms with Gasteiger partial charge in [0.25, 0.3) is 0 Å². The van der Waals surface area contributed by atoms with Gasteiger partial charge in [0.15, 0.2) is 0 Å². The van der Waals surface area contributed by atoms with Gasteiger partial charge < -0.3 is 25.8 Å². The van der Waals surface area contributed by atoms with Gasteiger partial charge in [-0.2, -0.15) is 0 Å². The summed E-state index contributed by atoms with van der Waals surface area (Å²) in [4.78, 5) is 0. The van der Waals surface area contributed by atoms with Crippen molar-refractivity contribution < 1.29 is 20.1 Å². The Balaban J connectivity index is 2.67. The third-order valence-corrected chi connectivity index (χ3v) is 1.87. The molecule has 0 radical (unpaired) electrons. The highest BCUT2D eigenvalue weighted by Crippen LogP contribution is 2.20. The van der Waals surface area contributed by atoms with Gasteiger partial charge >= 0.3 is 0 Å². The van der Waals surface area contributed by atoms with Gasteiger partial charge in [0.1, 0.15) is 24.0 Å². The summed E-state index contributed by atoms with van der Waals surface area (Å²) in [6.45, 7) is 1.40. The van der Waals surface area contributed by atoms with Gasteiger partial charge in [-0.1, -0.05) is 0 Å². The molecule has 5 N–H and O–H groups in total. The Hall–Kier alpha value is -0.200. The maximum absolute atomic E-state index is 9.22. The van der Waals surface area contributed by atoms with E-state index in [0.717, 1.165) is 0 Å². The van der Waals surface area contributed by atoms with E-state index in [1.165, 1.54) is 6.92 Å². The van der Waals surface area contributed by atoms with E-state index < -0.39 is 24.0 Å². The van der Waals surface area contributed by atoms with Gasteiger partial charge in [-0.15, -0.1) is 0 Å². The van der Waals surface area contributed by atoms with E-state index in [9.17, 15) is 5.11 Å². The van der Waals surface area contributed by atoms with Gasteiger partial charge in [-0.25, -0.2) is 0 Å². The number of rotatable bonds is 0. The van der Waals surface area contributed by atoms with Gasteiger partial charge in [0.2, 0.25) is 0 Å². The first-order valence-electron chi connectivity index (χ1n) is 3.42. The molecule has 0 aliphatic carbocycles. The van der Waals surface area contributed by atoms with E-state index in [2.05, 4.69) is 0 Å². The molecule has 1 aliphatic rings. The van der Waals surface area contributed by atoms with Crippen molar-refractivity contribution >= 4 is 0 Å². The van der Waals surface area contributed by atoms with Crippen molar-refractivity contribution in [3.05, 3.63) is 0 Å². The lowest BCUT2D eigenvalue weighted by atomic mass is 9.97. The molecule has 0 aromatic heterocycles. The minimum atomic E-state index is -1.27. The van der Waals surface area contributed by atoms with Crippen molar-refractivity contribution in [2.45, 2.75) is 31.0 Å². The van der Waals surface area contributed by atoms with Crippen LogP contribution in [0.1, 0.15) is 6.92 Å². The van der Waals surface area contributed by atoms with E-state index in [-0.39, 0.29) is 6.61 Å². The van der Waals surface area contributed by atoms with Crippen LogP contribution in [-0.2, 0) is 4.74 Å². The second-order valence-electron chi connectivity index (χ2n) is 3.00. The summed E-state index contributed by atoms with van der Waals surface area (Å²) in [7, 11) is 0. The fourth-order valence-corrected chi connectivity index (χ4v) is 0.998. The molecule has 5 heteroatoms. The molecule has 0 bridgehead atoms. The Bertz CT molecular complexity index is 150. The summed E-state index contributed by atoms with van der Waals surface area (Å²) in [6, 6.07) is 0. The molecular formula is C6H13NO4. The van der Waals surface area contributed by atoms with Crippen LogP contribution in [0, 0.1) is 0 Å². The Kier molecular flexibility index (Phi) is 2.17. The van der Waals surface area contributed by atoms with E-state index >= 15 is 0 Å². The number of aliphatic hydroxyl groups excluding tert-OH is 3. The first-order chi connectivity index (χ1) is 4.95. The molecular weight excluding hydrogens is 150 g/mol. The van der Waals surface area contributed by atoms with Crippen molar-refractivity contribution in [1.29, 1.82) is 0 Å². The molecule has 4 atom stereocenters. The molecule has 0 saturated carbocycles. The average molecular weight is 163 g/mol. The van der Waals surface area contributed by atoms with Crippen molar-refractivity contribution in [1.82, 2.24) is 0 Å². The van der Waals surface area contributed by atoms with Crippen LogP contribution >= 0.6 is 0 Å². The third-order valence-electron chi connectivity index (χ3n) is 1.87. The number of hydrogen-bond donors (Lipinski definition) is 4. The molecule has 0 aromatic rings. The molecule has 5 nitrogen and oxygen atoms in total. The lowest BCUT2D eigenvalue weighted by molar-refractivity contribution is -0.227. The molecule has 1 saturated heterocycles. The van der Waals surface area contributed by atoms with E-state index in [1.54, 1.807) is 0 Å². The van der Waals surface area contributed by atoms with Gasteiger partial charge in [0, 0.05) is 0 Å². The van der Waals surface area contributed by atoms with Gasteiger partial charge in [-0.05, 0) is 6.92 Å². The summed E-state index contributed by atoms with van der Waals surface area (Å²) in [6.07, 6.45) is -3.52. The highest BCUT2D eigenvalue weighted by Gasteiger charge is 2.43. The van der Waals surface area contributed by atoms with Crippen molar-refractivity contribution in [3.8, 4) is 0 Å². The fourth-order valence-electron chi connectivity index (χ4n) is 0.998. The maximum atomic E-state index is 9.22. The molecule has 0 amide bonds. The van der Waals surface area contributed by atoms with Gasteiger partial charge in [0.05, 0.1) is 6.61 Å². The van der Waals surface area contributed by atoms with Crippen LogP contribution in [-0.4, -0.2) is 46.0 Å². The summed E-state index contributed by atoms with van der Waals surface area (Å²) in [5, 5.41) is 27.3. The fraction of sp³-hybridized carbons (Fsp3) is 1.00. The summed E-state index contributed by atoms with van der Waals surface area (Å²) < 4.78 is 4.88. The van der Waals surface area contributed by atoms with Gasteiger partial charge in [-0.3, -0.25) is 0 Å². The highest BCUT2D eigenvalue weighted by atomic mass is 16.5. The summed E-state index contributed by atoms with van der Waals surface area (Å²) in [5.41, 5.74) is 4.17. The zero-order chi connectivity index (χ0) is 8.65. The molecule has 1 heterocycles. The monoisotopic (exact) mass is 163 g/mol. The summed E-state index contributed by atoms with van der Waals surface area (Å²) >= 11 is 0. The second-order valence-corrected chi connectivity index (χ2v) is 3.00. The molecule has 1 fully saturated rings. The predicted octanol–water partition coefficient (Wildman–Crippen LogP) is -2.23. The van der Waals surface area contributed by atoms with E-state index in [1.807, 2.05) is 0 Å². The smallest absolute Gasteiger partial charge is 0.142 e. The van der Waals surface area contributed by atoms with Crippen LogP contribution in [0.5, 0.6) is 0 Å². The Morgan fingerprint density at radius 1 is 1.45 bits per heavy atom. The standard InChI is InChI=1S/C6H13NO4/c1-6(7)5(10)4(9)3(8)2-11-6/h3-5,8-10H,2,7H2,1H3/t3-,4+,5-,6+/m1/s1. The Morgan fingerprint density at radius 3 is 2.45 bits per heavy atom. The largest absolute Gasteiger partial charge is 0.388 e. The molecule has 0 aromatic carbocycles. The lowest BCUT2D eigenvalue weighted by Crippen LogP contribution is -2.63. The normalized spacial score (nSPS) is 52.6. The number of nitrogens with two attached hydrogens (primary N) is 1. The summed E-state index contributed by atoms with van der Waals surface area (Å²) in [5.74, 6) is 0. The SMILES string of the molecule is C[C@]1(N)OC[C@@H](O)[C@H](O)[C@H]1O. The first-order valence-corrected chi connectivity index (χ1v) is 3.42. The van der Waals surface area contributed by atoms with Crippen molar-refractivity contribution in [2.75, 3.05) is 6.61 Å². The Morgan fingerprint density at radius 2 is 2.00 bits per heavy atom. The third kappa shape index (κ3) is 1.52. The Labute approximate surface area is 64.4 Å². The highest BCUT2D eigenvalue weighted by molar-refractivity contribution is 4.91. The number of hydrogen-bond acceptors (Lipinski definition) is 5. The number of ether oxygens (including phenoxy) is 1. The molecule has 66 valence electrons. The predicted molar refractivity (Wildman–Crippen MR) is 36.6 cm³/mol. The van der Waals surface area contributed by atoms with Crippen molar-refractivity contribution in [3.63, 3.8) is 0 Å². The minimum Gasteiger partial charge on any atom is -0.388 e. The van der Waals surface area contributed by atoms with Crippen molar-refractivity contribution in [2.24, 2.45) is 5.73 Å². The van der Waals surface area contributed by atoms with Crippen LogP contribution < -0.4 is 5.73 Å². The lowest BCUT2D eigenvalue weighted by Gasteiger charge is -2.40. The zero-order valence-electron chi connectivity index (χ0n) is 6.27. The first kappa shape index (κ1) is 8.89.